The van der Waals surface area contributed by atoms with Crippen molar-refractivity contribution in [2.24, 2.45) is 21.1 Å². The number of hydrogen-bond acceptors (Lipinski definition) is 19. The molecule has 4 unspecified atom stereocenters. The highest BCUT2D eigenvalue weighted by Gasteiger charge is 2.42. The number of benzene rings is 10. The van der Waals surface area contributed by atoms with E-state index in [1.54, 1.807) is 157 Å². The quantitative estimate of drug-likeness (QED) is 0.0387. The van der Waals surface area contributed by atoms with Gasteiger partial charge < -0.3 is 43.6 Å². The Balaban J connectivity index is 0.000000130. The van der Waals surface area contributed by atoms with Gasteiger partial charge in [-0.05, 0) is 201 Å². The van der Waals surface area contributed by atoms with Gasteiger partial charge in [0.2, 0.25) is 5.88 Å². The zero-order valence-electron chi connectivity index (χ0n) is 80.0. The van der Waals surface area contributed by atoms with Gasteiger partial charge in [-0.25, -0.2) is 42.7 Å². The molecule has 0 aliphatic rings. The Kier molecular flexibility index (Phi) is 30.4. The molecule has 0 fully saturated rings. The van der Waals surface area contributed by atoms with Gasteiger partial charge in [0.25, 0.3) is 5.92 Å². The molecule has 4 N–H and O–H groups in total. The lowest BCUT2D eigenvalue weighted by molar-refractivity contribution is 0.0125. The molecule has 148 heavy (non-hydrogen) atoms. The first kappa shape index (κ1) is 104. The molecule has 0 aliphatic heterocycles. The number of rotatable bonds is 25. The highest BCUT2D eigenvalue weighted by molar-refractivity contribution is 7.90. The van der Waals surface area contributed by atoms with Gasteiger partial charge in [0, 0.05) is 169 Å². The molecule has 11 aromatic heterocycles. The fraction of sp³-hybridized carbons (Fsp3) is 0.140. The first-order chi connectivity index (χ1) is 71.0. The Morgan fingerprint density at radius 3 is 1.45 bits per heavy atom. The van der Waals surface area contributed by atoms with Crippen LogP contribution in [0, 0.1) is 5.82 Å². The lowest BCUT2D eigenvalue weighted by Crippen LogP contribution is -2.31. The standard InChI is InChI=1S/C32H22Cl2FN3O.C30H27ClF2N4O4S.C27H20Cl3N3O.C25H21ClN4O2S/c33-30-27-19-23(32(39,24-6-4-14-36-20-24)22-5-3-7-25(35)18-22)10-13-29(27)37-31(34)28(30)17-21-8-11-26(12-9-21)38-15-1-2-16-38;1-29(32,33)25-12-8-20(15-35-25)30(38,26-16-34-17-37(26)2)19-7-11-24-22(14-19)27(31)23(28(36-24)41-3)13-18-5-9-21(10-6-18)42(4,39)40;1-33-16-20(15-31-33)27(34,18-7-10-21(28)11-8-18)19-9-12-24-22(14-19)25(29)23(26(30)32-24)13-17-5-3-2-4-6-17;1-30-14-27-12-22(30)25(31,23-13-28-15-33-23)19-5-8-21-17(11-19)10-18(24(26)29-21)9-16-3-6-20(32-2)7-4-16/h1-16,18-20,39H,17H2;5-12,14-17,38H,13H2,1-4H3;2-12,14-16,34H,13H2,1H3;3-8,10-15,31H,9H2,1-2H3. The van der Waals surface area contributed by atoms with Gasteiger partial charge in [-0.15, -0.1) is 11.3 Å². The molecule has 21 aromatic rings. The summed E-state index contributed by atoms with van der Waals surface area (Å²) in [6.45, 7) is 0.757. The maximum absolute atomic E-state index is 14.3. The molecule has 0 radical (unpaired) electrons. The van der Waals surface area contributed by atoms with E-state index in [-0.39, 0.29) is 10.5 Å². The van der Waals surface area contributed by atoms with Crippen molar-refractivity contribution >= 4 is 146 Å². The van der Waals surface area contributed by atoms with Crippen LogP contribution in [0.15, 0.2) is 352 Å². The number of alkyl halides is 2. The minimum absolute atomic E-state index is 0.199. The molecular weight excluding hydrogens is 2060 g/mol. The highest BCUT2D eigenvalue weighted by atomic mass is 35.5. The van der Waals surface area contributed by atoms with E-state index >= 15 is 0 Å². The van der Waals surface area contributed by atoms with Crippen molar-refractivity contribution in [3.8, 4) is 17.3 Å². The number of hydrogen-bond donors (Lipinski definition) is 4. The molecule has 0 bridgehead atoms. The molecule has 746 valence electrons. The number of pyridine rings is 6. The number of fused-ring (bicyclic) bond motifs is 4. The fourth-order valence-corrected chi connectivity index (χ4v) is 21.3. The summed E-state index contributed by atoms with van der Waals surface area (Å²) in [5, 5.41) is 58.7. The molecule has 0 saturated carbocycles. The number of thiazole rings is 1. The van der Waals surface area contributed by atoms with Crippen molar-refractivity contribution in [2.75, 3.05) is 20.5 Å². The average Bonchev–Trinajstić information content (AvgIpc) is 1.58. The second-order valence-corrected chi connectivity index (χ2v) is 41.1. The van der Waals surface area contributed by atoms with Crippen LogP contribution >= 0.6 is 92.5 Å². The third-order valence-electron chi connectivity index (χ3n) is 25.8. The number of imidazole rings is 2. The van der Waals surface area contributed by atoms with E-state index in [9.17, 15) is 42.0 Å². The third-order valence-corrected chi connectivity index (χ3v) is 30.4. The number of aryl methyl sites for hydroxylation is 3. The predicted molar refractivity (Wildman–Crippen MR) is 576 cm³/mol. The zero-order chi connectivity index (χ0) is 104. The smallest absolute Gasteiger partial charge is 0.286 e. The Bertz CT molecular complexity index is 8550. The molecule has 11 heterocycles. The average molecular weight is 2150 g/mol. The first-order valence-corrected chi connectivity index (χ1v) is 51.4. The Hall–Kier alpha value is -14.1. The van der Waals surface area contributed by atoms with Gasteiger partial charge >= 0.3 is 0 Å². The molecule has 0 aliphatic carbocycles. The second kappa shape index (κ2) is 43.4. The van der Waals surface area contributed by atoms with Crippen molar-refractivity contribution < 1.29 is 51.5 Å². The van der Waals surface area contributed by atoms with Crippen LogP contribution in [0.4, 0.5) is 13.2 Å². The van der Waals surface area contributed by atoms with Crippen molar-refractivity contribution in [3.05, 3.63) is 505 Å². The van der Waals surface area contributed by atoms with Crippen molar-refractivity contribution in [2.45, 2.75) is 65.8 Å². The molecule has 10 aromatic carbocycles. The van der Waals surface area contributed by atoms with Crippen LogP contribution in [0.3, 0.4) is 0 Å². The van der Waals surface area contributed by atoms with E-state index in [1.165, 1.54) is 73.6 Å². The van der Waals surface area contributed by atoms with Crippen molar-refractivity contribution in [1.29, 1.82) is 0 Å². The normalized spacial score (nSPS) is 13.3. The molecule has 4 atom stereocenters. The summed E-state index contributed by atoms with van der Waals surface area (Å²) in [4.78, 5) is 40.0. The van der Waals surface area contributed by atoms with Crippen LogP contribution in [0.2, 0.25) is 35.5 Å². The first-order valence-electron chi connectivity index (χ1n) is 46.0. The minimum Gasteiger partial charge on any atom is -0.497 e. The molecule has 34 heteroatoms. The summed E-state index contributed by atoms with van der Waals surface area (Å²) in [6, 6.07) is 79.2. The van der Waals surface area contributed by atoms with E-state index in [0.717, 1.165) is 68.9 Å². The fourth-order valence-electron chi connectivity index (χ4n) is 18.0. The molecule has 21 rings (SSSR count). The molecule has 0 saturated heterocycles. The lowest BCUT2D eigenvalue weighted by Gasteiger charge is -2.30. The largest absolute Gasteiger partial charge is 0.497 e. The molecule has 22 nitrogen and oxygen atoms in total. The summed E-state index contributed by atoms with van der Waals surface area (Å²) in [7, 11) is 5.16. The van der Waals surface area contributed by atoms with E-state index in [1.807, 2.05) is 181 Å². The predicted octanol–water partition coefficient (Wildman–Crippen LogP) is 24.9. The SMILES string of the molecule is COc1ccc(Cc2cc3cc(C(O)(c4cncs4)c4cncn4C)ccc3nc2Cl)cc1.COc1nc2ccc(C(O)(c3ccc(C(C)(F)F)nc3)c3cncn3C)cc2c(Cl)c1Cc1ccc(S(C)(=O)=O)cc1.Cn1cc(C(O)(c2ccc(Cl)cc2)c2ccc3nc(Cl)c(Cc4ccccc4)c(Cl)c3c2)cn1.OC(c1cccnc1)(c1cccc(F)c1)c1ccc2nc(Cl)c(Cc3ccc(-n4cccc4)cc3)c(Cl)c2c1. The number of halogens is 10. The van der Waals surface area contributed by atoms with Crippen LogP contribution in [-0.2, 0) is 85.0 Å². The lowest BCUT2D eigenvalue weighted by atomic mass is 9.80. The summed E-state index contributed by atoms with van der Waals surface area (Å²) in [6.07, 6.45) is 23.0. The van der Waals surface area contributed by atoms with E-state index in [2.05, 4.69) is 50.0 Å². The van der Waals surface area contributed by atoms with Crippen molar-refractivity contribution in [3.63, 3.8) is 0 Å². The van der Waals surface area contributed by atoms with Gasteiger partial charge in [-0.3, -0.25) is 19.6 Å². The Morgan fingerprint density at radius 1 is 0.426 bits per heavy atom. The van der Waals surface area contributed by atoms with E-state index in [0.29, 0.717) is 172 Å². The van der Waals surface area contributed by atoms with Crippen LogP contribution in [0.1, 0.15) is 123 Å². The summed E-state index contributed by atoms with van der Waals surface area (Å²) in [5.41, 5.74) is 11.0. The molecule has 0 spiro atoms. The third kappa shape index (κ3) is 21.4. The van der Waals surface area contributed by atoms with Crippen LogP contribution in [-0.4, -0.2) is 118 Å². The monoisotopic (exact) mass is 2150 g/mol. The topological polar surface area (TPSA) is 282 Å². The number of nitrogens with zero attached hydrogens (tertiary/aromatic N) is 14. The zero-order valence-corrected chi connectivity index (χ0v) is 86.9. The van der Waals surface area contributed by atoms with E-state index < -0.39 is 49.7 Å². The minimum atomic E-state index is -3.35. The molecular formula is C114H90Cl7F3N14O8S2. The second-order valence-electron chi connectivity index (χ2n) is 35.5. The van der Waals surface area contributed by atoms with Gasteiger partial charge in [-0.2, -0.15) is 13.9 Å². The van der Waals surface area contributed by atoms with Crippen LogP contribution in [0.25, 0.3) is 49.3 Å². The van der Waals surface area contributed by atoms with Gasteiger partial charge in [0.1, 0.15) is 43.9 Å². The Labute approximate surface area is 888 Å². The van der Waals surface area contributed by atoms with Crippen LogP contribution < -0.4 is 9.47 Å². The summed E-state index contributed by atoms with van der Waals surface area (Å²) >= 11 is 48.0. The van der Waals surface area contributed by atoms with Gasteiger partial charge in [-0.1, -0.05) is 209 Å². The molecule has 0 amide bonds. The maximum Gasteiger partial charge on any atom is 0.286 e. The number of aliphatic hydroxyl groups is 4. The van der Waals surface area contributed by atoms with Gasteiger partial charge in [0.05, 0.1) is 109 Å². The van der Waals surface area contributed by atoms with Crippen LogP contribution in [0.5, 0.6) is 11.6 Å². The van der Waals surface area contributed by atoms with Crippen molar-refractivity contribution in [1.82, 2.24) is 68.3 Å². The number of ether oxygens (including phenoxy) is 2. The summed E-state index contributed by atoms with van der Waals surface area (Å²) < 4.78 is 83.7. The number of methoxy groups -OCH3 is 2. The highest BCUT2D eigenvalue weighted by Crippen LogP contribution is 2.48. The number of aromatic nitrogens is 14. The Morgan fingerprint density at radius 2 is 0.926 bits per heavy atom. The summed E-state index contributed by atoms with van der Waals surface area (Å²) in [5.74, 6) is -2.49. The maximum atomic E-state index is 14.3. The van der Waals surface area contributed by atoms with Gasteiger partial charge in [0.15, 0.2) is 21.0 Å². The van der Waals surface area contributed by atoms with E-state index in [4.69, 9.17) is 90.7 Å². The number of sulfone groups is 1.